The Morgan fingerprint density at radius 2 is 2.11 bits per heavy atom. The molecule has 0 fully saturated rings. The van der Waals surface area contributed by atoms with E-state index in [1.807, 2.05) is 0 Å². The average Bonchev–Trinajstić information content (AvgIpc) is 3.15. The first-order valence-corrected chi connectivity index (χ1v) is 10.1. The molecule has 0 radical (unpaired) electrons. The molecule has 1 aromatic carbocycles. The lowest BCUT2D eigenvalue weighted by Gasteiger charge is -2.22. The summed E-state index contributed by atoms with van der Waals surface area (Å²) in [5, 5.41) is 0. The van der Waals surface area contributed by atoms with E-state index in [1.165, 1.54) is 22.4 Å². The fraction of sp³-hybridized carbons (Fsp3) is 0.412. The van der Waals surface area contributed by atoms with E-state index in [4.69, 9.17) is 0 Å². The van der Waals surface area contributed by atoms with Crippen LogP contribution in [-0.2, 0) is 23.0 Å². The number of rotatable bonds is 5. The van der Waals surface area contributed by atoms with Gasteiger partial charge < -0.3 is 4.90 Å². The zero-order valence-electron chi connectivity index (χ0n) is 15.1. The Kier molecular flexibility index (Phi) is 4.94. The summed E-state index contributed by atoms with van der Waals surface area (Å²) < 4.78 is 51.9. The van der Waals surface area contributed by atoms with Crippen molar-refractivity contribution >= 4 is 21.6 Å². The van der Waals surface area contributed by atoms with Gasteiger partial charge in [-0.3, -0.25) is 13.7 Å². The van der Waals surface area contributed by atoms with Crippen molar-refractivity contribution in [1.82, 2.24) is 14.5 Å². The van der Waals surface area contributed by atoms with Crippen molar-refractivity contribution in [3.63, 3.8) is 0 Å². The van der Waals surface area contributed by atoms with Crippen LogP contribution in [0.5, 0.6) is 0 Å². The Bertz CT molecular complexity index is 974. The second-order valence-electron chi connectivity index (χ2n) is 6.65. The Balaban J connectivity index is 1.82. The van der Waals surface area contributed by atoms with Gasteiger partial charge >= 0.3 is 6.55 Å². The third-order valence-corrected chi connectivity index (χ3v) is 5.79. The summed E-state index contributed by atoms with van der Waals surface area (Å²) in [5.74, 6) is -0.272. The molecule has 2 aromatic rings. The lowest BCUT2D eigenvalue weighted by atomic mass is 10.1. The van der Waals surface area contributed by atoms with Crippen LogP contribution in [0.3, 0.4) is 0 Å². The van der Waals surface area contributed by atoms with Crippen LogP contribution in [0, 0.1) is 0 Å². The molecule has 146 valence electrons. The van der Waals surface area contributed by atoms with Crippen LogP contribution in [0.2, 0.25) is 0 Å². The molecule has 27 heavy (non-hydrogen) atoms. The fourth-order valence-electron chi connectivity index (χ4n) is 3.39. The number of hydrogen-bond donors (Lipinski definition) is 0. The highest BCUT2D eigenvalue weighted by molar-refractivity contribution is 7.92. The minimum atomic E-state index is -3.41. The lowest BCUT2D eigenvalue weighted by molar-refractivity contribution is 0.0612. The largest absolute Gasteiger partial charge is 0.334 e. The second-order valence-corrected chi connectivity index (χ2v) is 8.50. The number of sulfonamides is 1. The molecule has 0 N–H and O–H groups in total. The molecule has 0 spiro atoms. The highest BCUT2D eigenvalue weighted by atomic mass is 32.2. The van der Waals surface area contributed by atoms with Crippen LogP contribution in [0.4, 0.5) is 14.5 Å². The highest BCUT2D eigenvalue weighted by Crippen LogP contribution is 2.34. The minimum absolute atomic E-state index is 0.0703. The molecular formula is C17H20F2N4O3S. The lowest BCUT2D eigenvalue weighted by Crippen LogP contribution is -2.34. The summed E-state index contributed by atoms with van der Waals surface area (Å²) in [6, 6.07) is 4.60. The van der Waals surface area contributed by atoms with E-state index >= 15 is 0 Å². The zero-order valence-corrected chi connectivity index (χ0v) is 15.9. The number of amides is 1. The second kappa shape index (κ2) is 6.91. The molecule has 0 saturated heterocycles. The third-order valence-electron chi connectivity index (χ3n) is 4.52. The molecule has 1 aliphatic heterocycles. The Morgan fingerprint density at radius 1 is 1.41 bits per heavy atom. The fourth-order valence-corrected chi connectivity index (χ4v) is 4.65. The van der Waals surface area contributed by atoms with Gasteiger partial charge in [-0.05, 0) is 37.1 Å². The van der Waals surface area contributed by atoms with E-state index in [2.05, 4.69) is 4.98 Å². The highest BCUT2D eigenvalue weighted by Gasteiger charge is 2.33. The van der Waals surface area contributed by atoms with Gasteiger partial charge in [-0.2, -0.15) is 8.78 Å². The van der Waals surface area contributed by atoms with E-state index in [0.717, 1.165) is 18.0 Å². The Morgan fingerprint density at radius 3 is 2.74 bits per heavy atom. The van der Waals surface area contributed by atoms with Crippen molar-refractivity contribution in [2.75, 3.05) is 17.6 Å². The van der Waals surface area contributed by atoms with Gasteiger partial charge in [0.1, 0.15) is 5.82 Å². The number of halogens is 2. The maximum atomic E-state index is 12.9. The van der Waals surface area contributed by atoms with Crippen LogP contribution in [-0.4, -0.2) is 48.1 Å². The molecule has 1 aliphatic rings. The van der Waals surface area contributed by atoms with Crippen molar-refractivity contribution in [2.45, 2.75) is 32.5 Å². The van der Waals surface area contributed by atoms with Crippen molar-refractivity contribution in [3.05, 3.63) is 47.5 Å². The number of aromatic nitrogens is 2. The topological polar surface area (TPSA) is 75.5 Å². The number of nitrogens with zero attached hydrogens (tertiary/aromatic N) is 4. The Labute approximate surface area is 156 Å². The van der Waals surface area contributed by atoms with Gasteiger partial charge in [0.2, 0.25) is 10.0 Å². The molecule has 1 amide bonds. The molecule has 3 rings (SSSR count). The predicted molar refractivity (Wildman–Crippen MR) is 96.2 cm³/mol. The van der Waals surface area contributed by atoms with Crippen molar-refractivity contribution < 1.29 is 22.0 Å². The van der Waals surface area contributed by atoms with E-state index in [-0.39, 0.29) is 24.3 Å². The molecule has 0 saturated carbocycles. The van der Waals surface area contributed by atoms with Crippen molar-refractivity contribution in [1.29, 1.82) is 0 Å². The van der Waals surface area contributed by atoms with Gasteiger partial charge in [-0.25, -0.2) is 13.4 Å². The number of benzene rings is 1. The summed E-state index contributed by atoms with van der Waals surface area (Å²) in [7, 11) is -1.90. The number of hydrogen-bond acceptors (Lipinski definition) is 4. The van der Waals surface area contributed by atoms with Crippen molar-refractivity contribution in [3.8, 4) is 0 Å². The molecule has 1 atom stereocenters. The van der Waals surface area contributed by atoms with E-state index in [1.54, 1.807) is 25.1 Å². The SMILES string of the molecule is CC1Cc2cc(C(=O)N(C)Cc3nccn3C(F)F)ccc2N1S(C)(=O)=O. The van der Waals surface area contributed by atoms with Crippen LogP contribution in [0.15, 0.2) is 30.6 Å². The summed E-state index contributed by atoms with van der Waals surface area (Å²) in [6.45, 7) is -0.993. The summed E-state index contributed by atoms with van der Waals surface area (Å²) in [6.07, 6.45) is 4.07. The normalized spacial score (nSPS) is 16.7. The van der Waals surface area contributed by atoms with Crippen LogP contribution < -0.4 is 4.31 Å². The molecule has 1 unspecified atom stereocenters. The first kappa shape index (κ1) is 19.3. The molecule has 7 nitrogen and oxygen atoms in total. The van der Waals surface area contributed by atoms with Crippen LogP contribution >= 0.6 is 0 Å². The first-order valence-electron chi connectivity index (χ1n) is 8.27. The number of anilines is 1. The molecule has 0 aliphatic carbocycles. The standard InChI is InChI=1S/C17H20F2N4O3S/c1-11-8-13-9-12(4-5-14(13)23(11)27(3,25)26)16(24)21(2)10-15-20-6-7-22(15)17(18)19/h4-7,9,11,17H,8,10H2,1-3H3. The molecular weight excluding hydrogens is 378 g/mol. The summed E-state index contributed by atoms with van der Waals surface area (Å²) in [5.41, 5.74) is 1.70. The van der Waals surface area contributed by atoms with Gasteiger partial charge in [0.05, 0.1) is 18.5 Å². The monoisotopic (exact) mass is 398 g/mol. The summed E-state index contributed by atoms with van der Waals surface area (Å²) in [4.78, 5) is 17.9. The summed E-state index contributed by atoms with van der Waals surface area (Å²) >= 11 is 0. The van der Waals surface area contributed by atoms with E-state index in [0.29, 0.717) is 22.2 Å². The van der Waals surface area contributed by atoms with Crippen molar-refractivity contribution in [2.24, 2.45) is 0 Å². The Hall–Kier alpha value is -2.49. The molecule has 10 heteroatoms. The number of alkyl halides is 2. The third kappa shape index (κ3) is 3.66. The molecule has 1 aromatic heterocycles. The quantitative estimate of drug-likeness (QED) is 0.774. The smallest absolute Gasteiger partial charge is 0.319 e. The maximum absolute atomic E-state index is 12.9. The van der Waals surface area contributed by atoms with Gasteiger partial charge in [0.25, 0.3) is 5.91 Å². The maximum Gasteiger partial charge on any atom is 0.319 e. The molecule has 2 heterocycles. The molecule has 0 bridgehead atoms. The first-order chi connectivity index (χ1) is 12.6. The van der Waals surface area contributed by atoms with Gasteiger partial charge in [0.15, 0.2) is 0 Å². The van der Waals surface area contributed by atoms with Gasteiger partial charge in [-0.15, -0.1) is 0 Å². The van der Waals surface area contributed by atoms with E-state index < -0.39 is 16.6 Å². The van der Waals surface area contributed by atoms with E-state index in [9.17, 15) is 22.0 Å². The number of carbonyl (C=O) groups is 1. The zero-order chi connectivity index (χ0) is 19.9. The van der Waals surface area contributed by atoms with Gasteiger partial charge in [0, 0.05) is 31.0 Å². The van der Waals surface area contributed by atoms with Crippen LogP contribution in [0.1, 0.15) is 35.2 Å². The number of imidazole rings is 1. The average molecular weight is 398 g/mol. The predicted octanol–water partition coefficient (Wildman–Crippen LogP) is 2.26. The van der Waals surface area contributed by atoms with Gasteiger partial charge in [-0.1, -0.05) is 0 Å². The number of fused-ring (bicyclic) bond motifs is 1. The van der Waals surface area contributed by atoms with Crippen LogP contribution in [0.25, 0.3) is 0 Å². The minimum Gasteiger partial charge on any atom is -0.334 e. The number of carbonyl (C=O) groups excluding carboxylic acids is 1.